The number of anilines is 1. The minimum atomic E-state index is 0.425. The molecular formula is C13H13ClN2O2. The maximum atomic E-state index is 5.96. The first-order valence-corrected chi connectivity index (χ1v) is 5.66. The zero-order valence-corrected chi connectivity index (χ0v) is 10.9. The van der Waals surface area contributed by atoms with Crippen LogP contribution in [-0.4, -0.2) is 19.2 Å². The summed E-state index contributed by atoms with van der Waals surface area (Å²) < 4.78 is 10.4. The molecule has 0 amide bonds. The normalized spacial score (nSPS) is 10.2. The van der Waals surface area contributed by atoms with Crippen LogP contribution in [0.3, 0.4) is 0 Å². The molecule has 0 saturated heterocycles. The Kier molecular flexibility index (Phi) is 3.58. The van der Waals surface area contributed by atoms with Crippen LogP contribution in [0.1, 0.15) is 0 Å². The van der Waals surface area contributed by atoms with Crippen molar-refractivity contribution in [2.75, 3.05) is 20.0 Å². The van der Waals surface area contributed by atoms with E-state index in [0.29, 0.717) is 22.2 Å². The van der Waals surface area contributed by atoms with Crippen molar-refractivity contribution in [1.29, 1.82) is 0 Å². The van der Waals surface area contributed by atoms with Crippen LogP contribution in [0.25, 0.3) is 11.1 Å². The predicted molar refractivity (Wildman–Crippen MR) is 72.2 cm³/mol. The van der Waals surface area contributed by atoms with Crippen LogP contribution in [0.15, 0.2) is 30.6 Å². The highest BCUT2D eigenvalue weighted by Crippen LogP contribution is 2.34. The molecule has 0 bridgehead atoms. The Labute approximate surface area is 110 Å². The molecule has 1 aromatic carbocycles. The highest BCUT2D eigenvalue weighted by atomic mass is 35.5. The molecule has 2 N–H and O–H groups in total. The van der Waals surface area contributed by atoms with E-state index in [1.165, 1.54) is 6.20 Å². The molecule has 5 heteroatoms. The molecular weight excluding hydrogens is 252 g/mol. The number of halogens is 1. The van der Waals surface area contributed by atoms with Gasteiger partial charge in [-0.2, -0.15) is 0 Å². The Morgan fingerprint density at radius 2 is 1.67 bits per heavy atom. The van der Waals surface area contributed by atoms with Crippen LogP contribution in [-0.2, 0) is 0 Å². The quantitative estimate of drug-likeness (QED) is 0.926. The molecule has 0 aliphatic carbocycles. The Bertz CT molecular complexity index is 551. The SMILES string of the molecule is COc1cc(OC)cc(-c2cncc(Cl)c2N)c1. The summed E-state index contributed by atoms with van der Waals surface area (Å²) >= 11 is 5.96. The number of aromatic nitrogens is 1. The van der Waals surface area contributed by atoms with Crippen molar-refractivity contribution < 1.29 is 9.47 Å². The van der Waals surface area contributed by atoms with Gasteiger partial charge in [-0.25, -0.2) is 0 Å². The summed E-state index contributed by atoms with van der Waals surface area (Å²) in [6.45, 7) is 0. The topological polar surface area (TPSA) is 57.4 Å². The van der Waals surface area contributed by atoms with Crippen molar-refractivity contribution >= 4 is 17.3 Å². The van der Waals surface area contributed by atoms with Gasteiger partial charge in [-0.05, 0) is 17.7 Å². The van der Waals surface area contributed by atoms with Gasteiger partial charge in [0.1, 0.15) is 11.5 Å². The average Bonchev–Trinajstić information content (AvgIpc) is 2.41. The van der Waals surface area contributed by atoms with Gasteiger partial charge < -0.3 is 15.2 Å². The number of pyridine rings is 1. The number of rotatable bonds is 3. The largest absolute Gasteiger partial charge is 0.497 e. The molecule has 0 aliphatic rings. The van der Waals surface area contributed by atoms with Crippen LogP contribution in [0, 0.1) is 0 Å². The van der Waals surface area contributed by atoms with Gasteiger partial charge >= 0.3 is 0 Å². The molecule has 1 heterocycles. The summed E-state index contributed by atoms with van der Waals surface area (Å²) in [5, 5.41) is 0.425. The summed E-state index contributed by atoms with van der Waals surface area (Å²) in [4.78, 5) is 4.04. The Morgan fingerprint density at radius 1 is 1.06 bits per heavy atom. The van der Waals surface area contributed by atoms with E-state index < -0.39 is 0 Å². The molecule has 0 saturated carbocycles. The summed E-state index contributed by atoms with van der Waals surface area (Å²) in [7, 11) is 3.19. The second-order valence-corrected chi connectivity index (χ2v) is 4.09. The number of nitrogens with zero attached hydrogens (tertiary/aromatic N) is 1. The van der Waals surface area contributed by atoms with E-state index in [4.69, 9.17) is 26.8 Å². The highest BCUT2D eigenvalue weighted by molar-refractivity contribution is 6.33. The van der Waals surface area contributed by atoms with Crippen molar-refractivity contribution in [2.24, 2.45) is 0 Å². The number of nitrogen functional groups attached to an aromatic ring is 1. The molecule has 0 spiro atoms. The van der Waals surface area contributed by atoms with Gasteiger partial charge in [-0.3, -0.25) is 4.98 Å². The monoisotopic (exact) mass is 264 g/mol. The third-order valence-electron chi connectivity index (χ3n) is 2.60. The number of ether oxygens (including phenoxy) is 2. The van der Waals surface area contributed by atoms with Gasteiger partial charge in [0.2, 0.25) is 0 Å². The standard InChI is InChI=1S/C13H13ClN2O2/c1-17-9-3-8(4-10(5-9)18-2)11-6-16-7-12(14)13(11)15/h3-7H,1-2H3,(H2,15,16). The van der Waals surface area contributed by atoms with Crippen LogP contribution in [0.5, 0.6) is 11.5 Å². The second-order valence-electron chi connectivity index (χ2n) is 3.68. The summed E-state index contributed by atoms with van der Waals surface area (Å²) in [5.41, 5.74) is 8.03. The van der Waals surface area contributed by atoms with E-state index in [1.54, 1.807) is 26.5 Å². The highest BCUT2D eigenvalue weighted by Gasteiger charge is 2.09. The molecule has 2 aromatic rings. The number of benzene rings is 1. The minimum Gasteiger partial charge on any atom is -0.497 e. The first-order chi connectivity index (χ1) is 8.65. The number of nitrogens with two attached hydrogens (primary N) is 1. The molecule has 2 rings (SSSR count). The third-order valence-corrected chi connectivity index (χ3v) is 2.90. The lowest BCUT2D eigenvalue weighted by Gasteiger charge is -2.10. The molecule has 0 radical (unpaired) electrons. The lowest BCUT2D eigenvalue weighted by Crippen LogP contribution is -1.94. The van der Waals surface area contributed by atoms with E-state index >= 15 is 0 Å². The van der Waals surface area contributed by atoms with E-state index in [1.807, 2.05) is 12.1 Å². The van der Waals surface area contributed by atoms with Crippen molar-refractivity contribution in [1.82, 2.24) is 4.98 Å². The van der Waals surface area contributed by atoms with E-state index in [9.17, 15) is 0 Å². The number of hydrogen-bond donors (Lipinski definition) is 1. The van der Waals surface area contributed by atoms with Crippen LogP contribution < -0.4 is 15.2 Å². The Morgan fingerprint density at radius 3 is 2.22 bits per heavy atom. The molecule has 0 aliphatic heterocycles. The Hall–Kier alpha value is -1.94. The van der Waals surface area contributed by atoms with Crippen LogP contribution in [0.2, 0.25) is 5.02 Å². The maximum Gasteiger partial charge on any atom is 0.123 e. The average molecular weight is 265 g/mol. The molecule has 4 nitrogen and oxygen atoms in total. The number of hydrogen-bond acceptors (Lipinski definition) is 4. The first-order valence-electron chi connectivity index (χ1n) is 5.28. The lowest BCUT2D eigenvalue weighted by atomic mass is 10.1. The molecule has 0 fully saturated rings. The van der Waals surface area contributed by atoms with Gasteiger partial charge in [0, 0.05) is 24.0 Å². The molecule has 0 unspecified atom stereocenters. The fraction of sp³-hybridized carbons (Fsp3) is 0.154. The number of methoxy groups -OCH3 is 2. The molecule has 0 atom stereocenters. The van der Waals surface area contributed by atoms with Gasteiger partial charge in [0.05, 0.1) is 24.9 Å². The van der Waals surface area contributed by atoms with Gasteiger partial charge in [0.15, 0.2) is 0 Å². The predicted octanol–water partition coefficient (Wildman–Crippen LogP) is 3.00. The third kappa shape index (κ3) is 2.33. The van der Waals surface area contributed by atoms with Crippen molar-refractivity contribution in [3.05, 3.63) is 35.6 Å². The molecule has 18 heavy (non-hydrogen) atoms. The van der Waals surface area contributed by atoms with Crippen LogP contribution in [0.4, 0.5) is 5.69 Å². The first kappa shape index (κ1) is 12.5. The maximum absolute atomic E-state index is 5.96. The van der Waals surface area contributed by atoms with E-state index in [2.05, 4.69) is 4.98 Å². The minimum absolute atomic E-state index is 0.425. The smallest absolute Gasteiger partial charge is 0.123 e. The van der Waals surface area contributed by atoms with Gasteiger partial charge in [0.25, 0.3) is 0 Å². The molecule has 94 valence electrons. The summed E-state index contributed by atoms with van der Waals surface area (Å²) in [6, 6.07) is 5.50. The van der Waals surface area contributed by atoms with Crippen molar-refractivity contribution in [3.63, 3.8) is 0 Å². The zero-order valence-electron chi connectivity index (χ0n) is 10.1. The fourth-order valence-corrected chi connectivity index (χ4v) is 1.80. The van der Waals surface area contributed by atoms with Gasteiger partial charge in [-0.1, -0.05) is 11.6 Å². The van der Waals surface area contributed by atoms with E-state index in [-0.39, 0.29) is 0 Å². The lowest BCUT2D eigenvalue weighted by molar-refractivity contribution is 0.394. The molecule has 1 aromatic heterocycles. The van der Waals surface area contributed by atoms with Crippen molar-refractivity contribution in [2.45, 2.75) is 0 Å². The van der Waals surface area contributed by atoms with Gasteiger partial charge in [-0.15, -0.1) is 0 Å². The summed E-state index contributed by atoms with van der Waals surface area (Å²) in [6.07, 6.45) is 3.17. The second kappa shape index (κ2) is 5.14. The zero-order chi connectivity index (χ0) is 13.1. The fourth-order valence-electron chi connectivity index (χ4n) is 1.64. The van der Waals surface area contributed by atoms with E-state index in [0.717, 1.165) is 11.1 Å². The van der Waals surface area contributed by atoms with Crippen molar-refractivity contribution in [3.8, 4) is 22.6 Å². The van der Waals surface area contributed by atoms with Crippen LogP contribution >= 0.6 is 11.6 Å². The Balaban J connectivity index is 2.59. The summed E-state index contributed by atoms with van der Waals surface area (Å²) in [5.74, 6) is 1.37.